The number of hydrogen-bond donors (Lipinski definition) is 3. The van der Waals surface area contributed by atoms with Gasteiger partial charge < -0.3 is 16.4 Å². The van der Waals surface area contributed by atoms with Crippen LogP contribution in [0.1, 0.15) is 38.5 Å². The molecule has 5 N–H and O–H groups in total. The van der Waals surface area contributed by atoms with Gasteiger partial charge in [0.15, 0.2) is 11.1 Å². The van der Waals surface area contributed by atoms with E-state index in [-0.39, 0.29) is 22.8 Å². The maximum atomic E-state index is 12.3. The molecule has 2 fully saturated rings. The number of nitrogens with two attached hydrogens (primary N) is 2. The standard InChI is InChI=1S/C13H23N5OS/c14-12(15)17-13(16)20-8-11(19)18-7-3-5-9-4-1-2-6-10(9)18/h9-10H,1-8H2,(H5,14,15,16,17). The van der Waals surface area contributed by atoms with E-state index >= 15 is 0 Å². The van der Waals surface area contributed by atoms with Gasteiger partial charge in [0.1, 0.15) is 0 Å². The Morgan fingerprint density at radius 2 is 1.95 bits per heavy atom. The van der Waals surface area contributed by atoms with Crippen molar-refractivity contribution in [3.63, 3.8) is 0 Å². The smallest absolute Gasteiger partial charge is 0.233 e. The molecule has 2 rings (SSSR count). The molecule has 6 nitrogen and oxygen atoms in total. The summed E-state index contributed by atoms with van der Waals surface area (Å²) in [5, 5.41) is 7.55. The van der Waals surface area contributed by atoms with Gasteiger partial charge in [0.25, 0.3) is 0 Å². The van der Waals surface area contributed by atoms with Gasteiger partial charge in [0, 0.05) is 12.6 Å². The maximum Gasteiger partial charge on any atom is 0.233 e. The highest BCUT2D eigenvalue weighted by Crippen LogP contribution is 2.35. The van der Waals surface area contributed by atoms with Gasteiger partial charge in [0.2, 0.25) is 5.91 Å². The zero-order chi connectivity index (χ0) is 14.5. The summed E-state index contributed by atoms with van der Waals surface area (Å²) in [5.41, 5.74) is 10.4. The zero-order valence-electron chi connectivity index (χ0n) is 11.7. The number of nitrogens with one attached hydrogen (secondary N) is 1. The lowest BCUT2D eigenvalue weighted by Gasteiger charge is -2.44. The molecule has 1 saturated carbocycles. The van der Waals surface area contributed by atoms with Crippen molar-refractivity contribution in [2.45, 2.75) is 44.6 Å². The number of rotatable bonds is 2. The average molecular weight is 297 g/mol. The van der Waals surface area contributed by atoms with Crippen molar-refractivity contribution in [1.29, 1.82) is 5.41 Å². The predicted octanol–water partition coefficient (Wildman–Crippen LogP) is 1.11. The van der Waals surface area contributed by atoms with Crippen LogP contribution in [-0.4, -0.2) is 40.3 Å². The van der Waals surface area contributed by atoms with E-state index in [0.717, 1.165) is 31.1 Å². The Balaban J connectivity index is 1.88. The van der Waals surface area contributed by atoms with E-state index in [1.54, 1.807) is 0 Å². The molecule has 2 atom stereocenters. The summed E-state index contributed by atoms with van der Waals surface area (Å²) < 4.78 is 0. The number of amidine groups is 1. The Morgan fingerprint density at radius 1 is 1.25 bits per heavy atom. The van der Waals surface area contributed by atoms with Crippen LogP contribution < -0.4 is 11.5 Å². The second-order valence-electron chi connectivity index (χ2n) is 5.47. The number of carbonyl (C=O) groups is 1. The second kappa shape index (κ2) is 6.97. The number of nitrogens with zero attached hydrogens (tertiary/aromatic N) is 2. The molecule has 1 heterocycles. The minimum absolute atomic E-state index is 0.00412. The van der Waals surface area contributed by atoms with Crippen LogP contribution >= 0.6 is 11.8 Å². The molecule has 2 unspecified atom stereocenters. The van der Waals surface area contributed by atoms with Gasteiger partial charge in [-0.25, -0.2) is 0 Å². The number of amides is 1. The number of guanidine groups is 1. The Morgan fingerprint density at radius 3 is 2.70 bits per heavy atom. The number of piperidine rings is 1. The Kier molecular flexibility index (Phi) is 5.28. The Bertz CT molecular complexity index is 406. The highest BCUT2D eigenvalue weighted by molar-refractivity contribution is 8.14. The Hall–Kier alpha value is -1.24. The largest absolute Gasteiger partial charge is 0.370 e. The number of likely N-dealkylation sites (tertiary alicyclic amines) is 1. The fourth-order valence-electron chi connectivity index (χ4n) is 3.30. The van der Waals surface area contributed by atoms with Crippen LogP contribution in [0, 0.1) is 11.3 Å². The average Bonchev–Trinajstić information content (AvgIpc) is 2.43. The van der Waals surface area contributed by atoms with Gasteiger partial charge in [-0.2, -0.15) is 4.99 Å². The molecule has 1 saturated heterocycles. The van der Waals surface area contributed by atoms with E-state index in [0.29, 0.717) is 12.0 Å². The lowest BCUT2D eigenvalue weighted by Crippen LogP contribution is -2.50. The first-order valence-corrected chi connectivity index (χ1v) is 8.17. The van der Waals surface area contributed by atoms with Crippen molar-refractivity contribution in [2.24, 2.45) is 22.4 Å². The van der Waals surface area contributed by atoms with E-state index in [1.165, 1.54) is 25.7 Å². The van der Waals surface area contributed by atoms with E-state index in [1.807, 2.05) is 4.90 Å². The molecular formula is C13H23N5OS. The molecule has 112 valence electrons. The summed E-state index contributed by atoms with van der Waals surface area (Å²) >= 11 is 1.09. The first-order chi connectivity index (χ1) is 9.58. The Labute approximate surface area is 123 Å². The van der Waals surface area contributed by atoms with Crippen molar-refractivity contribution in [2.75, 3.05) is 12.3 Å². The van der Waals surface area contributed by atoms with Gasteiger partial charge in [-0.15, -0.1) is 0 Å². The lowest BCUT2D eigenvalue weighted by atomic mass is 9.78. The molecule has 0 aromatic carbocycles. The number of thioether (sulfide) groups is 1. The monoisotopic (exact) mass is 297 g/mol. The molecule has 0 bridgehead atoms. The normalized spacial score (nSPS) is 25.7. The maximum absolute atomic E-state index is 12.3. The zero-order valence-corrected chi connectivity index (χ0v) is 12.5. The van der Waals surface area contributed by atoms with Crippen molar-refractivity contribution >= 4 is 28.8 Å². The van der Waals surface area contributed by atoms with Crippen molar-refractivity contribution in [3.8, 4) is 0 Å². The minimum atomic E-state index is -0.139. The molecule has 1 aliphatic heterocycles. The molecular weight excluding hydrogens is 274 g/mol. The third-order valence-corrected chi connectivity index (χ3v) is 4.88. The van der Waals surface area contributed by atoms with Gasteiger partial charge in [-0.3, -0.25) is 10.2 Å². The predicted molar refractivity (Wildman–Crippen MR) is 82.7 cm³/mol. The van der Waals surface area contributed by atoms with Gasteiger partial charge >= 0.3 is 0 Å². The van der Waals surface area contributed by atoms with E-state index in [4.69, 9.17) is 16.9 Å². The topological polar surface area (TPSA) is 109 Å². The minimum Gasteiger partial charge on any atom is -0.370 e. The van der Waals surface area contributed by atoms with E-state index < -0.39 is 0 Å². The first kappa shape index (κ1) is 15.2. The summed E-state index contributed by atoms with van der Waals surface area (Å²) in [7, 11) is 0. The summed E-state index contributed by atoms with van der Waals surface area (Å²) in [6.07, 6.45) is 7.27. The van der Waals surface area contributed by atoms with Crippen molar-refractivity contribution in [3.05, 3.63) is 0 Å². The summed E-state index contributed by atoms with van der Waals surface area (Å²) in [5.74, 6) is 0.907. The van der Waals surface area contributed by atoms with Crippen LogP contribution in [0.25, 0.3) is 0 Å². The van der Waals surface area contributed by atoms with Crippen LogP contribution in [0.3, 0.4) is 0 Å². The van der Waals surface area contributed by atoms with Crippen LogP contribution in [0.15, 0.2) is 4.99 Å². The molecule has 0 radical (unpaired) electrons. The van der Waals surface area contributed by atoms with Crippen LogP contribution in [0.4, 0.5) is 0 Å². The van der Waals surface area contributed by atoms with Gasteiger partial charge in [-0.05, 0) is 31.6 Å². The SMILES string of the molecule is N=C(N=C(N)N)SCC(=O)N1CCCC2CCCCC21. The molecule has 0 spiro atoms. The van der Waals surface area contributed by atoms with E-state index in [9.17, 15) is 4.79 Å². The van der Waals surface area contributed by atoms with Gasteiger partial charge in [-0.1, -0.05) is 24.6 Å². The molecule has 1 amide bonds. The quantitative estimate of drug-likeness (QED) is 0.524. The molecule has 20 heavy (non-hydrogen) atoms. The lowest BCUT2D eigenvalue weighted by molar-refractivity contribution is -0.134. The number of hydrogen-bond acceptors (Lipinski definition) is 3. The second-order valence-corrected chi connectivity index (χ2v) is 6.44. The van der Waals surface area contributed by atoms with Gasteiger partial charge in [0.05, 0.1) is 5.75 Å². The van der Waals surface area contributed by atoms with Crippen LogP contribution in [0.2, 0.25) is 0 Å². The molecule has 0 aromatic heterocycles. The molecule has 1 aliphatic carbocycles. The van der Waals surface area contributed by atoms with Crippen LogP contribution in [-0.2, 0) is 4.79 Å². The molecule has 2 aliphatic rings. The third kappa shape index (κ3) is 3.88. The van der Waals surface area contributed by atoms with E-state index in [2.05, 4.69) is 4.99 Å². The van der Waals surface area contributed by atoms with Crippen molar-refractivity contribution in [1.82, 2.24) is 4.90 Å². The third-order valence-electron chi connectivity index (χ3n) is 4.13. The fourth-order valence-corrected chi connectivity index (χ4v) is 3.89. The summed E-state index contributed by atoms with van der Waals surface area (Å²) in [6.45, 7) is 0.857. The highest BCUT2D eigenvalue weighted by Gasteiger charge is 2.35. The van der Waals surface area contributed by atoms with Crippen molar-refractivity contribution < 1.29 is 4.79 Å². The molecule has 0 aromatic rings. The van der Waals surface area contributed by atoms with Crippen LogP contribution in [0.5, 0.6) is 0 Å². The number of carbonyl (C=O) groups excluding carboxylic acids is 1. The summed E-state index contributed by atoms with van der Waals surface area (Å²) in [4.78, 5) is 18.0. The first-order valence-electron chi connectivity index (χ1n) is 7.18. The number of aliphatic imine (C=N–C) groups is 1. The highest BCUT2D eigenvalue weighted by atomic mass is 32.2. The number of fused-ring (bicyclic) bond motifs is 1. The fraction of sp³-hybridized carbons (Fsp3) is 0.769. The summed E-state index contributed by atoms with van der Waals surface area (Å²) in [6, 6.07) is 0.419. The molecule has 7 heteroatoms.